The van der Waals surface area contributed by atoms with Gasteiger partial charge in [0.15, 0.2) is 0 Å². The van der Waals surface area contributed by atoms with Crippen molar-refractivity contribution in [3.8, 4) is 11.1 Å². The number of amides is 1. The van der Waals surface area contributed by atoms with E-state index in [4.69, 9.17) is 0 Å². The second-order valence-corrected chi connectivity index (χ2v) is 7.48. The van der Waals surface area contributed by atoms with Gasteiger partial charge in [-0.1, -0.05) is 36.4 Å². The van der Waals surface area contributed by atoms with Crippen molar-refractivity contribution in [2.75, 3.05) is 5.32 Å². The van der Waals surface area contributed by atoms with Crippen LogP contribution in [0, 0.1) is 6.92 Å². The zero-order chi connectivity index (χ0) is 19.7. The van der Waals surface area contributed by atoms with E-state index in [9.17, 15) is 9.59 Å². The summed E-state index contributed by atoms with van der Waals surface area (Å²) in [7, 11) is 1.79. The Kier molecular flexibility index (Phi) is 4.86. The highest BCUT2D eigenvalue weighted by Crippen LogP contribution is 2.35. The van der Waals surface area contributed by atoms with Gasteiger partial charge in [-0.05, 0) is 66.1 Å². The quantitative estimate of drug-likeness (QED) is 0.752. The number of fused-ring (bicyclic) bond motifs is 1. The van der Waals surface area contributed by atoms with Crippen molar-refractivity contribution in [1.82, 2.24) is 4.57 Å². The Labute approximate surface area is 164 Å². The molecule has 1 aliphatic rings. The van der Waals surface area contributed by atoms with E-state index in [0.717, 1.165) is 41.6 Å². The largest absolute Gasteiger partial charge is 0.326 e. The maximum absolute atomic E-state index is 12.1. The van der Waals surface area contributed by atoms with Gasteiger partial charge in [-0.3, -0.25) is 9.59 Å². The molecule has 0 aliphatic carbocycles. The Hall–Kier alpha value is -3.14. The van der Waals surface area contributed by atoms with Gasteiger partial charge in [0.05, 0.1) is 0 Å². The SMILES string of the molecule is Cc1cc(-c2ccc3c(c2CCc2ccccc2)CCC(=O)N3)cn(C)c1=O. The molecule has 2 heterocycles. The number of nitrogens with one attached hydrogen (secondary N) is 1. The summed E-state index contributed by atoms with van der Waals surface area (Å²) in [6.45, 7) is 1.86. The van der Waals surface area contributed by atoms with Gasteiger partial charge >= 0.3 is 0 Å². The molecule has 0 saturated carbocycles. The molecule has 3 aromatic rings. The number of anilines is 1. The summed E-state index contributed by atoms with van der Waals surface area (Å²) < 4.78 is 1.65. The number of hydrogen-bond donors (Lipinski definition) is 1. The lowest BCUT2D eigenvalue weighted by Gasteiger charge is -2.23. The summed E-state index contributed by atoms with van der Waals surface area (Å²) in [4.78, 5) is 24.0. The molecule has 0 atom stereocenters. The standard InChI is InChI=1S/C24H24N2O2/c1-16-14-18(15-26(2)24(16)28)19-10-12-22-21(11-13-23(27)25-22)20(19)9-8-17-6-4-3-5-7-17/h3-7,10,12,14-15H,8-9,11,13H2,1-2H3,(H,25,27). The van der Waals surface area contributed by atoms with Crippen LogP contribution in [0.4, 0.5) is 5.69 Å². The number of carbonyl (C=O) groups is 1. The molecular formula is C24H24N2O2. The maximum Gasteiger partial charge on any atom is 0.253 e. The normalized spacial score (nSPS) is 13.1. The van der Waals surface area contributed by atoms with Crippen molar-refractivity contribution in [3.63, 3.8) is 0 Å². The Bertz CT molecular complexity index is 1070. The highest BCUT2D eigenvalue weighted by Gasteiger charge is 2.21. The minimum Gasteiger partial charge on any atom is -0.326 e. The molecule has 142 valence electrons. The molecule has 4 nitrogen and oxygen atoms in total. The first-order valence-corrected chi connectivity index (χ1v) is 9.69. The molecule has 1 aliphatic heterocycles. The summed E-state index contributed by atoms with van der Waals surface area (Å²) >= 11 is 0. The molecule has 1 N–H and O–H groups in total. The van der Waals surface area contributed by atoms with E-state index < -0.39 is 0 Å². The third kappa shape index (κ3) is 3.50. The van der Waals surface area contributed by atoms with Gasteiger partial charge < -0.3 is 9.88 Å². The fourth-order valence-corrected chi connectivity index (χ4v) is 4.04. The minimum absolute atomic E-state index is 0.0276. The highest BCUT2D eigenvalue weighted by atomic mass is 16.1. The number of hydrogen-bond acceptors (Lipinski definition) is 2. The van der Waals surface area contributed by atoms with Gasteiger partial charge in [0.1, 0.15) is 0 Å². The lowest BCUT2D eigenvalue weighted by Crippen LogP contribution is -2.21. The number of nitrogens with zero attached hydrogens (tertiary/aromatic N) is 1. The number of benzene rings is 2. The monoisotopic (exact) mass is 372 g/mol. The van der Waals surface area contributed by atoms with E-state index >= 15 is 0 Å². The summed E-state index contributed by atoms with van der Waals surface area (Å²) in [6, 6.07) is 16.5. The van der Waals surface area contributed by atoms with Gasteiger partial charge in [-0.15, -0.1) is 0 Å². The van der Waals surface area contributed by atoms with Crippen molar-refractivity contribution < 1.29 is 4.79 Å². The zero-order valence-corrected chi connectivity index (χ0v) is 16.3. The van der Waals surface area contributed by atoms with Gasteiger partial charge in [0.25, 0.3) is 5.56 Å². The molecule has 0 radical (unpaired) electrons. The average molecular weight is 372 g/mol. The summed E-state index contributed by atoms with van der Waals surface area (Å²) in [5.74, 6) is 0.0761. The maximum atomic E-state index is 12.1. The van der Waals surface area contributed by atoms with E-state index in [0.29, 0.717) is 6.42 Å². The molecule has 1 amide bonds. The van der Waals surface area contributed by atoms with Crippen LogP contribution in [0.25, 0.3) is 11.1 Å². The van der Waals surface area contributed by atoms with Crippen LogP contribution in [-0.2, 0) is 31.1 Å². The molecule has 0 bridgehead atoms. The van der Waals surface area contributed by atoms with Gasteiger partial charge in [0.2, 0.25) is 5.91 Å². The van der Waals surface area contributed by atoms with Crippen LogP contribution in [0.15, 0.2) is 59.5 Å². The molecular weight excluding hydrogens is 348 g/mol. The Morgan fingerprint density at radius 3 is 2.54 bits per heavy atom. The molecule has 0 spiro atoms. The minimum atomic E-state index is 0.0276. The van der Waals surface area contributed by atoms with Crippen molar-refractivity contribution >= 4 is 11.6 Å². The number of aromatic nitrogens is 1. The van der Waals surface area contributed by atoms with Crippen molar-refractivity contribution in [2.24, 2.45) is 7.05 Å². The van der Waals surface area contributed by atoms with E-state index in [2.05, 4.69) is 35.6 Å². The predicted octanol–water partition coefficient (Wildman–Crippen LogP) is 4.03. The smallest absolute Gasteiger partial charge is 0.253 e. The molecule has 0 unspecified atom stereocenters. The second kappa shape index (κ2) is 7.47. The van der Waals surface area contributed by atoms with Crippen molar-refractivity contribution in [1.29, 1.82) is 0 Å². The van der Waals surface area contributed by atoms with E-state index in [1.165, 1.54) is 16.7 Å². The first kappa shape index (κ1) is 18.2. The van der Waals surface area contributed by atoms with Crippen LogP contribution in [0.5, 0.6) is 0 Å². The molecule has 0 saturated heterocycles. The first-order valence-electron chi connectivity index (χ1n) is 9.69. The molecule has 0 fully saturated rings. The third-order valence-electron chi connectivity index (χ3n) is 5.49. The Morgan fingerprint density at radius 1 is 1.00 bits per heavy atom. The number of rotatable bonds is 4. The fraction of sp³-hybridized carbons (Fsp3) is 0.250. The number of pyridine rings is 1. The van der Waals surface area contributed by atoms with Crippen LogP contribution in [0.1, 0.15) is 28.7 Å². The number of carbonyl (C=O) groups excluding carboxylic acids is 1. The van der Waals surface area contributed by atoms with Crippen LogP contribution in [0.3, 0.4) is 0 Å². The van der Waals surface area contributed by atoms with E-state index in [1.54, 1.807) is 11.6 Å². The molecule has 28 heavy (non-hydrogen) atoms. The third-order valence-corrected chi connectivity index (χ3v) is 5.49. The van der Waals surface area contributed by atoms with E-state index in [1.807, 2.05) is 31.3 Å². The zero-order valence-electron chi connectivity index (χ0n) is 16.3. The molecule has 2 aromatic carbocycles. The lowest BCUT2D eigenvalue weighted by molar-refractivity contribution is -0.116. The van der Waals surface area contributed by atoms with Crippen LogP contribution < -0.4 is 10.9 Å². The van der Waals surface area contributed by atoms with Crippen molar-refractivity contribution in [3.05, 3.63) is 87.3 Å². The van der Waals surface area contributed by atoms with Gasteiger partial charge in [-0.25, -0.2) is 0 Å². The van der Waals surface area contributed by atoms with Gasteiger partial charge in [-0.2, -0.15) is 0 Å². The topological polar surface area (TPSA) is 51.1 Å². The summed E-state index contributed by atoms with van der Waals surface area (Å²) in [5, 5.41) is 3.01. The molecule has 1 aromatic heterocycles. The second-order valence-electron chi connectivity index (χ2n) is 7.48. The van der Waals surface area contributed by atoms with Crippen molar-refractivity contribution in [2.45, 2.75) is 32.6 Å². The van der Waals surface area contributed by atoms with E-state index in [-0.39, 0.29) is 11.5 Å². The van der Waals surface area contributed by atoms with Crippen LogP contribution in [-0.4, -0.2) is 10.5 Å². The Morgan fingerprint density at radius 2 is 1.79 bits per heavy atom. The first-order chi connectivity index (χ1) is 13.5. The average Bonchev–Trinajstić information content (AvgIpc) is 2.70. The number of aryl methyl sites for hydroxylation is 3. The molecule has 4 heteroatoms. The van der Waals surface area contributed by atoms with Gasteiger partial charge in [0, 0.05) is 30.9 Å². The van der Waals surface area contributed by atoms with Crippen LogP contribution >= 0.6 is 0 Å². The highest BCUT2D eigenvalue weighted by molar-refractivity contribution is 5.95. The predicted molar refractivity (Wildman–Crippen MR) is 113 cm³/mol. The lowest BCUT2D eigenvalue weighted by atomic mass is 9.87. The Balaban J connectivity index is 1.81. The summed E-state index contributed by atoms with van der Waals surface area (Å²) in [6.07, 6.45) is 5.00. The summed E-state index contributed by atoms with van der Waals surface area (Å²) in [5.41, 5.74) is 7.65. The molecule has 4 rings (SSSR count). The van der Waals surface area contributed by atoms with Crippen LogP contribution in [0.2, 0.25) is 0 Å². The fourth-order valence-electron chi connectivity index (χ4n) is 4.04.